The van der Waals surface area contributed by atoms with Crippen LogP contribution in [0.5, 0.6) is 0 Å². The molecule has 1 heterocycles. The van der Waals surface area contributed by atoms with Crippen LogP contribution in [0.1, 0.15) is 25.3 Å². The minimum Gasteiger partial charge on any atom is -0.377 e. The number of rotatable bonds is 3. The van der Waals surface area contributed by atoms with Gasteiger partial charge in [-0.05, 0) is 66.6 Å². The van der Waals surface area contributed by atoms with Crippen molar-refractivity contribution in [3.05, 3.63) is 33.4 Å². The first-order chi connectivity index (χ1) is 8.11. The molecular weight excluding hydrogens is 325 g/mol. The van der Waals surface area contributed by atoms with Gasteiger partial charge in [-0.1, -0.05) is 12.1 Å². The van der Waals surface area contributed by atoms with Crippen molar-refractivity contribution in [1.29, 1.82) is 0 Å². The van der Waals surface area contributed by atoms with E-state index in [9.17, 15) is 0 Å². The number of hydrogen-bond acceptors (Lipinski definition) is 2. The Labute approximate surface area is 117 Å². The molecule has 0 amide bonds. The van der Waals surface area contributed by atoms with Crippen molar-refractivity contribution < 1.29 is 4.74 Å². The van der Waals surface area contributed by atoms with Gasteiger partial charge in [-0.2, -0.15) is 0 Å². The van der Waals surface area contributed by atoms with Crippen LogP contribution in [0.25, 0.3) is 0 Å². The van der Waals surface area contributed by atoms with Crippen LogP contribution in [0, 0.1) is 3.57 Å². The molecule has 2 nitrogen and oxygen atoms in total. The molecular formula is C14H20INO. The standard InChI is InChI=1S/C14H20INO/c1-14(17-2)8-3-9-16(11-14)10-12-4-6-13(15)7-5-12/h4-7H,3,8-11H2,1-2H3. The third-order valence-corrected chi connectivity index (χ3v) is 4.27. The van der Waals surface area contributed by atoms with Gasteiger partial charge < -0.3 is 4.74 Å². The van der Waals surface area contributed by atoms with Gasteiger partial charge in [0.2, 0.25) is 0 Å². The second-order valence-corrected chi connectivity index (χ2v) is 6.34. The van der Waals surface area contributed by atoms with E-state index >= 15 is 0 Å². The average Bonchev–Trinajstić information content (AvgIpc) is 2.32. The summed E-state index contributed by atoms with van der Waals surface area (Å²) in [5.74, 6) is 0. The largest absolute Gasteiger partial charge is 0.377 e. The molecule has 0 aromatic heterocycles. The molecule has 0 N–H and O–H groups in total. The van der Waals surface area contributed by atoms with Gasteiger partial charge >= 0.3 is 0 Å². The van der Waals surface area contributed by atoms with Gasteiger partial charge in [0, 0.05) is 23.8 Å². The Bertz CT molecular complexity index is 365. The van der Waals surface area contributed by atoms with Gasteiger partial charge in [0.05, 0.1) is 5.60 Å². The quantitative estimate of drug-likeness (QED) is 0.780. The van der Waals surface area contributed by atoms with E-state index in [1.165, 1.54) is 28.5 Å². The van der Waals surface area contributed by atoms with E-state index in [4.69, 9.17) is 4.74 Å². The van der Waals surface area contributed by atoms with Crippen LogP contribution in [0.2, 0.25) is 0 Å². The molecule has 0 spiro atoms. The highest BCUT2D eigenvalue weighted by molar-refractivity contribution is 14.1. The summed E-state index contributed by atoms with van der Waals surface area (Å²) in [6, 6.07) is 8.80. The van der Waals surface area contributed by atoms with Crippen molar-refractivity contribution in [3.8, 4) is 0 Å². The lowest BCUT2D eigenvalue weighted by Gasteiger charge is -2.39. The summed E-state index contributed by atoms with van der Waals surface area (Å²) >= 11 is 2.35. The average molecular weight is 345 g/mol. The Kier molecular flexibility index (Phi) is 4.44. The molecule has 1 fully saturated rings. The van der Waals surface area contributed by atoms with Crippen LogP contribution >= 0.6 is 22.6 Å². The summed E-state index contributed by atoms with van der Waals surface area (Å²) in [7, 11) is 1.83. The van der Waals surface area contributed by atoms with Gasteiger partial charge in [0.25, 0.3) is 0 Å². The second kappa shape index (κ2) is 5.67. The molecule has 1 aromatic carbocycles. The molecule has 0 aliphatic carbocycles. The molecule has 3 heteroatoms. The van der Waals surface area contributed by atoms with E-state index in [0.717, 1.165) is 13.1 Å². The zero-order valence-electron chi connectivity index (χ0n) is 10.6. The maximum Gasteiger partial charge on any atom is 0.0777 e. The van der Waals surface area contributed by atoms with Crippen molar-refractivity contribution in [2.24, 2.45) is 0 Å². The first kappa shape index (κ1) is 13.3. The monoisotopic (exact) mass is 345 g/mol. The Hall–Kier alpha value is -0.130. The first-order valence-electron chi connectivity index (χ1n) is 6.13. The molecule has 0 bridgehead atoms. The summed E-state index contributed by atoms with van der Waals surface area (Å²) in [6.45, 7) is 5.48. The summed E-state index contributed by atoms with van der Waals surface area (Å²) in [5, 5.41) is 0. The van der Waals surface area contributed by atoms with Crippen LogP contribution < -0.4 is 0 Å². The summed E-state index contributed by atoms with van der Waals surface area (Å²) < 4.78 is 6.92. The Morgan fingerprint density at radius 3 is 2.71 bits per heavy atom. The summed E-state index contributed by atoms with van der Waals surface area (Å²) in [5.41, 5.74) is 1.44. The lowest BCUT2D eigenvalue weighted by Crippen LogP contribution is -2.46. The number of benzene rings is 1. The number of halogens is 1. The van der Waals surface area contributed by atoms with Crippen LogP contribution in [0.15, 0.2) is 24.3 Å². The van der Waals surface area contributed by atoms with E-state index in [0.29, 0.717) is 0 Å². The fourth-order valence-corrected chi connectivity index (χ4v) is 2.82. The first-order valence-corrected chi connectivity index (χ1v) is 7.21. The molecule has 1 aliphatic heterocycles. The number of methoxy groups -OCH3 is 1. The fourth-order valence-electron chi connectivity index (χ4n) is 2.46. The highest BCUT2D eigenvalue weighted by Crippen LogP contribution is 2.25. The number of likely N-dealkylation sites (tertiary alicyclic amines) is 1. The third kappa shape index (κ3) is 3.66. The Morgan fingerprint density at radius 1 is 1.35 bits per heavy atom. The minimum absolute atomic E-state index is 0.0431. The predicted octanol–water partition coefficient (Wildman–Crippen LogP) is 3.29. The van der Waals surface area contributed by atoms with Gasteiger partial charge in [-0.15, -0.1) is 0 Å². The molecule has 1 saturated heterocycles. The van der Waals surface area contributed by atoms with Gasteiger partial charge in [-0.25, -0.2) is 0 Å². The fraction of sp³-hybridized carbons (Fsp3) is 0.571. The Balaban J connectivity index is 1.97. The lowest BCUT2D eigenvalue weighted by molar-refractivity contribution is -0.0527. The summed E-state index contributed by atoms with van der Waals surface area (Å²) in [4.78, 5) is 2.50. The van der Waals surface area contributed by atoms with Crippen molar-refractivity contribution in [1.82, 2.24) is 4.90 Å². The number of nitrogens with zero attached hydrogens (tertiary/aromatic N) is 1. The van der Waals surface area contributed by atoms with Gasteiger partial charge in [0.15, 0.2) is 0 Å². The maximum absolute atomic E-state index is 5.62. The van der Waals surface area contributed by atoms with E-state index in [2.05, 4.69) is 58.7 Å². The topological polar surface area (TPSA) is 12.5 Å². The highest BCUT2D eigenvalue weighted by Gasteiger charge is 2.30. The SMILES string of the molecule is COC1(C)CCCN(Cc2ccc(I)cc2)C1. The van der Waals surface area contributed by atoms with Crippen molar-refractivity contribution in [2.75, 3.05) is 20.2 Å². The number of hydrogen-bond donors (Lipinski definition) is 0. The Morgan fingerprint density at radius 2 is 2.06 bits per heavy atom. The molecule has 94 valence electrons. The molecule has 1 aromatic rings. The minimum atomic E-state index is 0.0431. The highest BCUT2D eigenvalue weighted by atomic mass is 127. The van der Waals surface area contributed by atoms with Gasteiger partial charge in [-0.3, -0.25) is 4.90 Å². The molecule has 1 unspecified atom stereocenters. The second-order valence-electron chi connectivity index (χ2n) is 5.09. The van der Waals surface area contributed by atoms with E-state index in [-0.39, 0.29) is 5.60 Å². The number of piperidine rings is 1. The molecule has 1 atom stereocenters. The van der Waals surface area contributed by atoms with Crippen molar-refractivity contribution >= 4 is 22.6 Å². The molecule has 1 aliphatic rings. The molecule has 17 heavy (non-hydrogen) atoms. The van der Waals surface area contributed by atoms with Crippen molar-refractivity contribution in [2.45, 2.75) is 31.9 Å². The smallest absolute Gasteiger partial charge is 0.0777 e. The predicted molar refractivity (Wildman–Crippen MR) is 79.1 cm³/mol. The van der Waals surface area contributed by atoms with E-state index in [1.54, 1.807) is 0 Å². The van der Waals surface area contributed by atoms with Crippen LogP contribution in [0.3, 0.4) is 0 Å². The lowest BCUT2D eigenvalue weighted by atomic mass is 9.94. The summed E-state index contributed by atoms with van der Waals surface area (Å²) in [6.07, 6.45) is 2.40. The van der Waals surface area contributed by atoms with Crippen molar-refractivity contribution in [3.63, 3.8) is 0 Å². The number of ether oxygens (including phenoxy) is 1. The zero-order valence-corrected chi connectivity index (χ0v) is 12.7. The van der Waals surface area contributed by atoms with E-state index in [1.807, 2.05) is 7.11 Å². The third-order valence-electron chi connectivity index (χ3n) is 3.55. The van der Waals surface area contributed by atoms with E-state index < -0.39 is 0 Å². The van der Waals surface area contributed by atoms with Crippen LogP contribution in [0.4, 0.5) is 0 Å². The zero-order chi connectivity index (χ0) is 12.3. The van der Waals surface area contributed by atoms with Crippen LogP contribution in [-0.4, -0.2) is 30.7 Å². The van der Waals surface area contributed by atoms with Crippen LogP contribution in [-0.2, 0) is 11.3 Å². The molecule has 0 saturated carbocycles. The molecule has 0 radical (unpaired) electrons. The molecule has 2 rings (SSSR count). The van der Waals surface area contributed by atoms with Gasteiger partial charge in [0.1, 0.15) is 0 Å². The maximum atomic E-state index is 5.62. The normalized spacial score (nSPS) is 26.1.